The van der Waals surface area contributed by atoms with Crippen molar-refractivity contribution in [1.82, 2.24) is 0 Å². The highest BCUT2D eigenvalue weighted by Gasteiger charge is 2.21. The van der Waals surface area contributed by atoms with Gasteiger partial charge in [-0.3, -0.25) is 14.2 Å². The average Bonchev–Trinajstić information content (AvgIpc) is 3.06. The lowest BCUT2D eigenvalue weighted by molar-refractivity contribution is -0.870. The van der Waals surface area contributed by atoms with E-state index in [0.29, 0.717) is 17.4 Å². The summed E-state index contributed by atoms with van der Waals surface area (Å²) in [6.07, 6.45) is 32.3. The first-order valence-corrected chi connectivity index (χ1v) is 21.9. The molecule has 10 heteroatoms. The molecule has 0 aromatic heterocycles. The third-order valence-corrected chi connectivity index (χ3v) is 9.75. The molecule has 0 N–H and O–H groups in total. The Kier molecular flexibility index (Phi) is 32.7. The maximum atomic E-state index is 12.6. The zero-order valence-electron chi connectivity index (χ0n) is 33.1. The summed E-state index contributed by atoms with van der Waals surface area (Å²) < 4.78 is 33.8. The van der Waals surface area contributed by atoms with E-state index >= 15 is 0 Å². The Labute approximate surface area is 307 Å². The van der Waals surface area contributed by atoms with Crippen LogP contribution in [0.25, 0.3) is 0 Å². The molecule has 0 aliphatic heterocycles. The predicted molar refractivity (Wildman–Crippen MR) is 204 cm³/mol. The van der Waals surface area contributed by atoms with Gasteiger partial charge in [-0.25, -0.2) is 0 Å². The summed E-state index contributed by atoms with van der Waals surface area (Å²) in [5.74, 6) is -0.839. The fourth-order valence-corrected chi connectivity index (χ4v) is 6.26. The van der Waals surface area contributed by atoms with E-state index in [-0.39, 0.29) is 32.0 Å². The van der Waals surface area contributed by atoms with Crippen molar-refractivity contribution in [2.75, 3.05) is 47.5 Å². The second kappa shape index (κ2) is 33.6. The molecule has 2 atom stereocenters. The Morgan fingerprint density at radius 2 is 1.02 bits per heavy atom. The quantitative estimate of drug-likeness (QED) is 0.0204. The van der Waals surface area contributed by atoms with Crippen LogP contribution < -0.4 is 4.89 Å². The van der Waals surface area contributed by atoms with Gasteiger partial charge in [0.25, 0.3) is 7.82 Å². The molecule has 0 aromatic rings. The van der Waals surface area contributed by atoms with Gasteiger partial charge in [-0.15, -0.1) is 0 Å². The first-order valence-electron chi connectivity index (χ1n) is 20.4. The van der Waals surface area contributed by atoms with E-state index in [1.807, 2.05) is 21.1 Å². The van der Waals surface area contributed by atoms with Crippen LogP contribution >= 0.6 is 7.82 Å². The van der Waals surface area contributed by atoms with E-state index < -0.39 is 26.5 Å². The summed E-state index contributed by atoms with van der Waals surface area (Å²) in [5.41, 5.74) is 0. The number of nitrogens with zero attached hydrogens (tertiary/aromatic N) is 1. The van der Waals surface area contributed by atoms with Crippen LogP contribution in [0.2, 0.25) is 0 Å². The first-order chi connectivity index (χ1) is 24.0. The first kappa shape index (κ1) is 48.8. The number of hydrogen-bond donors (Lipinski definition) is 0. The summed E-state index contributed by atoms with van der Waals surface area (Å²) in [6, 6.07) is 0. The van der Waals surface area contributed by atoms with Gasteiger partial charge in [0.05, 0.1) is 27.7 Å². The van der Waals surface area contributed by atoms with Gasteiger partial charge >= 0.3 is 11.9 Å². The maximum absolute atomic E-state index is 12.6. The lowest BCUT2D eigenvalue weighted by Crippen LogP contribution is -2.37. The summed E-state index contributed by atoms with van der Waals surface area (Å²) in [5, 5.41) is 0. The molecular weight excluding hydrogens is 653 g/mol. The number of ether oxygens (including phenoxy) is 2. The van der Waals surface area contributed by atoms with E-state index in [4.69, 9.17) is 18.5 Å². The molecule has 0 rings (SSSR count). The van der Waals surface area contributed by atoms with Crippen LogP contribution in [0.5, 0.6) is 0 Å². The van der Waals surface area contributed by atoms with Gasteiger partial charge in [0.2, 0.25) is 0 Å². The van der Waals surface area contributed by atoms with Crippen molar-refractivity contribution in [2.24, 2.45) is 0 Å². The SMILES string of the molecule is CCCCC/C=C\CCCCCCCC(=O)O[C@H](COC(=O)CCCCCCCCCCCCCCCC)COP(=O)([O-])OCC[N+](C)(C)C. The second-order valence-corrected chi connectivity index (χ2v) is 16.4. The number of likely N-dealkylation sites (N-methyl/N-ethyl adjacent to an activating group) is 1. The van der Waals surface area contributed by atoms with Crippen molar-refractivity contribution in [2.45, 2.75) is 187 Å². The molecule has 0 heterocycles. The predicted octanol–water partition coefficient (Wildman–Crippen LogP) is 10.4. The maximum Gasteiger partial charge on any atom is 0.306 e. The third kappa shape index (κ3) is 36.5. The van der Waals surface area contributed by atoms with Crippen LogP contribution in [-0.4, -0.2) is 70.0 Å². The van der Waals surface area contributed by atoms with Gasteiger partial charge < -0.3 is 27.9 Å². The molecule has 1 unspecified atom stereocenters. The smallest absolute Gasteiger partial charge is 0.306 e. The number of carbonyl (C=O) groups excluding carboxylic acids is 2. The molecule has 0 aromatic carbocycles. The van der Waals surface area contributed by atoms with Crippen molar-refractivity contribution in [3.63, 3.8) is 0 Å². The van der Waals surface area contributed by atoms with Crippen molar-refractivity contribution >= 4 is 19.8 Å². The summed E-state index contributed by atoms with van der Waals surface area (Å²) in [7, 11) is 1.17. The van der Waals surface area contributed by atoms with Gasteiger partial charge in [-0.1, -0.05) is 142 Å². The number of hydrogen-bond acceptors (Lipinski definition) is 8. The molecule has 0 bridgehead atoms. The minimum atomic E-state index is -4.61. The fourth-order valence-electron chi connectivity index (χ4n) is 5.53. The Balaban J connectivity index is 4.39. The van der Waals surface area contributed by atoms with E-state index in [1.54, 1.807) is 0 Å². The van der Waals surface area contributed by atoms with Gasteiger partial charge in [0, 0.05) is 12.8 Å². The van der Waals surface area contributed by atoms with E-state index in [9.17, 15) is 19.0 Å². The molecule has 0 saturated heterocycles. The zero-order valence-corrected chi connectivity index (χ0v) is 34.0. The monoisotopic (exact) mass is 732 g/mol. The number of carbonyl (C=O) groups is 2. The van der Waals surface area contributed by atoms with Crippen molar-refractivity contribution in [1.29, 1.82) is 0 Å². The van der Waals surface area contributed by atoms with Gasteiger partial charge in [-0.05, 0) is 38.5 Å². The molecule has 0 saturated carbocycles. The summed E-state index contributed by atoms with van der Waals surface area (Å²) >= 11 is 0. The van der Waals surface area contributed by atoms with Crippen LogP contribution in [-0.2, 0) is 32.7 Å². The molecule has 0 fully saturated rings. The standard InChI is InChI=1S/C40H78NO8P/c1-6-8-10-12-14-16-18-20-21-23-24-26-28-30-32-39(42)46-36-38(37-48-50(44,45)47-35-34-41(3,4)5)49-40(43)33-31-29-27-25-22-19-17-15-13-11-9-7-2/h15,17,38H,6-14,16,18-37H2,1-5H3/b17-15-/t38-/m1/s1. The number of quaternary nitrogens is 1. The van der Waals surface area contributed by atoms with Crippen molar-refractivity contribution in [3.05, 3.63) is 12.2 Å². The molecule has 296 valence electrons. The number of allylic oxidation sites excluding steroid dienone is 2. The zero-order chi connectivity index (χ0) is 37.2. The molecule has 0 spiro atoms. The van der Waals surface area contributed by atoms with Crippen LogP contribution in [0.4, 0.5) is 0 Å². The van der Waals surface area contributed by atoms with Crippen LogP contribution in [0.15, 0.2) is 12.2 Å². The Morgan fingerprint density at radius 1 is 0.600 bits per heavy atom. The van der Waals surface area contributed by atoms with E-state index in [1.165, 1.54) is 89.9 Å². The van der Waals surface area contributed by atoms with Gasteiger partial charge in [0.1, 0.15) is 19.8 Å². The average molecular weight is 732 g/mol. The molecule has 50 heavy (non-hydrogen) atoms. The summed E-state index contributed by atoms with van der Waals surface area (Å²) in [6.45, 7) is 4.19. The lowest BCUT2D eigenvalue weighted by atomic mass is 10.0. The molecule has 0 aliphatic rings. The summed E-state index contributed by atoms with van der Waals surface area (Å²) in [4.78, 5) is 37.4. The fraction of sp³-hybridized carbons (Fsp3) is 0.900. The van der Waals surface area contributed by atoms with Gasteiger partial charge in [0.15, 0.2) is 6.10 Å². The van der Waals surface area contributed by atoms with Gasteiger partial charge in [-0.2, -0.15) is 0 Å². The highest BCUT2D eigenvalue weighted by molar-refractivity contribution is 7.45. The minimum absolute atomic E-state index is 0.0296. The van der Waals surface area contributed by atoms with Crippen LogP contribution in [0.3, 0.4) is 0 Å². The number of phosphoric acid groups is 1. The second-order valence-electron chi connectivity index (χ2n) is 15.0. The van der Waals surface area contributed by atoms with E-state index in [2.05, 4.69) is 26.0 Å². The van der Waals surface area contributed by atoms with Crippen LogP contribution in [0.1, 0.15) is 181 Å². The minimum Gasteiger partial charge on any atom is -0.756 e. The number of unbranched alkanes of at least 4 members (excludes halogenated alkanes) is 21. The van der Waals surface area contributed by atoms with Crippen molar-refractivity contribution < 1.29 is 42.1 Å². The number of esters is 2. The van der Waals surface area contributed by atoms with Crippen molar-refractivity contribution in [3.8, 4) is 0 Å². The molecule has 0 amide bonds. The Hall–Kier alpha value is -1.25. The normalized spacial score (nSPS) is 13.8. The molecule has 9 nitrogen and oxygen atoms in total. The molecular formula is C40H78NO8P. The molecule has 0 aliphatic carbocycles. The van der Waals surface area contributed by atoms with E-state index in [0.717, 1.165) is 57.8 Å². The topological polar surface area (TPSA) is 111 Å². The lowest BCUT2D eigenvalue weighted by Gasteiger charge is -2.28. The molecule has 0 radical (unpaired) electrons. The highest BCUT2D eigenvalue weighted by atomic mass is 31.2. The number of rotatable bonds is 37. The third-order valence-electron chi connectivity index (χ3n) is 8.79. The Morgan fingerprint density at radius 3 is 1.52 bits per heavy atom. The van der Waals surface area contributed by atoms with Crippen LogP contribution in [0, 0.1) is 0 Å². The largest absolute Gasteiger partial charge is 0.756 e. The highest BCUT2D eigenvalue weighted by Crippen LogP contribution is 2.38. The number of phosphoric ester groups is 1. The Bertz CT molecular complexity index is 876.